The number of benzene rings is 2. The number of carbonyl (C=O) groups excluding carboxylic acids is 2. The number of fused-ring (bicyclic) bond motifs is 1. The zero-order valence-electron chi connectivity index (χ0n) is 18.2. The van der Waals surface area contributed by atoms with Crippen molar-refractivity contribution in [2.45, 2.75) is 52.6 Å². The monoisotopic (exact) mass is 407 g/mol. The van der Waals surface area contributed by atoms with Crippen molar-refractivity contribution in [1.29, 1.82) is 0 Å². The van der Waals surface area contributed by atoms with Crippen LogP contribution in [0.3, 0.4) is 0 Å². The number of amides is 1. The highest BCUT2D eigenvalue weighted by Gasteiger charge is 2.44. The van der Waals surface area contributed by atoms with Crippen LogP contribution in [0.25, 0.3) is 0 Å². The average molecular weight is 408 g/mol. The molecule has 0 atom stereocenters. The number of hydrogen-bond acceptors (Lipinski definition) is 4. The molecule has 0 N–H and O–H groups in total. The Balaban J connectivity index is 1.39. The standard InChI is InChI=1S/C25H29NO4/c1-16-12-18(3)24-20(27)14-25(30-22(24)13-16)8-10-26(11-9-25)23(28)15-29-21-7-5-6-17(2)19(21)4/h5-7,12-13H,8-11,14-15H2,1-4H3. The highest BCUT2D eigenvalue weighted by atomic mass is 16.5. The van der Waals surface area contributed by atoms with Crippen LogP contribution < -0.4 is 9.47 Å². The van der Waals surface area contributed by atoms with Gasteiger partial charge >= 0.3 is 0 Å². The number of rotatable bonds is 3. The van der Waals surface area contributed by atoms with Gasteiger partial charge in [-0.3, -0.25) is 9.59 Å². The lowest BCUT2D eigenvalue weighted by Gasteiger charge is -2.44. The van der Waals surface area contributed by atoms with E-state index in [2.05, 4.69) is 0 Å². The molecule has 2 aliphatic rings. The van der Waals surface area contributed by atoms with Gasteiger partial charge in [-0.15, -0.1) is 0 Å². The molecule has 1 fully saturated rings. The van der Waals surface area contributed by atoms with Gasteiger partial charge in [0, 0.05) is 25.9 Å². The zero-order chi connectivity index (χ0) is 21.5. The average Bonchev–Trinajstić information content (AvgIpc) is 2.68. The number of hydrogen-bond donors (Lipinski definition) is 0. The molecule has 2 aromatic carbocycles. The number of piperidine rings is 1. The molecule has 0 aliphatic carbocycles. The van der Waals surface area contributed by atoms with Crippen LogP contribution in [0.5, 0.6) is 11.5 Å². The molecule has 0 bridgehead atoms. The summed E-state index contributed by atoms with van der Waals surface area (Å²) in [5, 5.41) is 0. The minimum absolute atomic E-state index is 0.0261. The van der Waals surface area contributed by atoms with Crippen LogP contribution in [0, 0.1) is 27.7 Å². The summed E-state index contributed by atoms with van der Waals surface area (Å²) in [5.41, 5.74) is 4.47. The summed E-state index contributed by atoms with van der Waals surface area (Å²) in [7, 11) is 0. The Morgan fingerprint density at radius 1 is 1.10 bits per heavy atom. The summed E-state index contributed by atoms with van der Waals surface area (Å²) in [6, 6.07) is 9.84. The van der Waals surface area contributed by atoms with Gasteiger partial charge in [-0.25, -0.2) is 0 Å². The molecule has 0 radical (unpaired) electrons. The number of ketones is 1. The number of Topliss-reactive ketones (excluding diaryl/α,β-unsaturated/α-hetero) is 1. The molecule has 2 heterocycles. The second-order valence-electron chi connectivity index (χ2n) is 8.71. The van der Waals surface area contributed by atoms with Crippen molar-refractivity contribution in [1.82, 2.24) is 4.90 Å². The first-order valence-electron chi connectivity index (χ1n) is 10.6. The highest BCUT2D eigenvalue weighted by molar-refractivity contribution is 6.01. The maximum Gasteiger partial charge on any atom is 0.260 e. The van der Waals surface area contributed by atoms with Gasteiger partial charge in [-0.05, 0) is 62.1 Å². The quantitative estimate of drug-likeness (QED) is 0.760. The van der Waals surface area contributed by atoms with Crippen molar-refractivity contribution >= 4 is 11.7 Å². The van der Waals surface area contributed by atoms with E-state index in [1.165, 1.54) is 0 Å². The maximum absolute atomic E-state index is 12.8. The third-order valence-corrected chi connectivity index (χ3v) is 6.47. The Bertz CT molecular complexity index is 1000. The van der Waals surface area contributed by atoms with Gasteiger partial charge in [-0.1, -0.05) is 18.2 Å². The van der Waals surface area contributed by atoms with E-state index in [-0.39, 0.29) is 18.3 Å². The molecule has 5 heteroatoms. The van der Waals surface area contributed by atoms with E-state index in [9.17, 15) is 9.59 Å². The number of nitrogens with zero attached hydrogens (tertiary/aromatic N) is 1. The Labute approximate surface area is 178 Å². The van der Waals surface area contributed by atoms with E-state index in [1.54, 1.807) is 0 Å². The molecule has 0 aromatic heterocycles. The summed E-state index contributed by atoms with van der Waals surface area (Å²) in [6.45, 7) is 9.17. The van der Waals surface area contributed by atoms with Crippen LogP contribution in [0.4, 0.5) is 0 Å². The Morgan fingerprint density at radius 3 is 2.57 bits per heavy atom. The normalized spacial score (nSPS) is 17.5. The van der Waals surface area contributed by atoms with Crippen molar-refractivity contribution in [3.8, 4) is 11.5 Å². The second-order valence-corrected chi connectivity index (χ2v) is 8.71. The molecule has 30 heavy (non-hydrogen) atoms. The molecule has 158 valence electrons. The molecule has 0 saturated carbocycles. The third-order valence-electron chi connectivity index (χ3n) is 6.47. The number of likely N-dealkylation sites (tertiary alicyclic amines) is 1. The van der Waals surface area contributed by atoms with Crippen molar-refractivity contribution in [3.63, 3.8) is 0 Å². The van der Waals surface area contributed by atoms with Crippen LogP contribution in [0.2, 0.25) is 0 Å². The van der Waals surface area contributed by atoms with E-state index < -0.39 is 5.60 Å². The number of aryl methyl sites for hydroxylation is 3. The van der Waals surface area contributed by atoms with Gasteiger partial charge in [0.15, 0.2) is 12.4 Å². The Morgan fingerprint density at radius 2 is 1.83 bits per heavy atom. The van der Waals surface area contributed by atoms with Crippen molar-refractivity contribution in [3.05, 3.63) is 58.1 Å². The van der Waals surface area contributed by atoms with Crippen molar-refractivity contribution < 1.29 is 19.1 Å². The van der Waals surface area contributed by atoms with Gasteiger partial charge in [0.05, 0.1) is 12.0 Å². The minimum atomic E-state index is -0.505. The van der Waals surface area contributed by atoms with Crippen LogP contribution in [0.15, 0.2) is 30.3 Å². The molecular formula is C25H29NO4. The molecule has 0 unspecified atom stereocenters. The van der Waals surface area contributed by atoms with Crippen molar-refractivity contribution in [2.75, 3.05) is 19.7 Å². The fourth-order valence-corrected chi connectivity index (χ4v) is 4.57. The molecule has 1 saturated heterocycles. The van der Waals surface area contributed by atoms with E-state index in [0.29, 0.717) is 43.7 Å². The molecular weight excluding hydrogens is 378 g/mol. The first-order valence-corrected chi connectivity index (χ1v) is 10.6. The maximum atomic E-state index is 12.8. The van der Waals surface area contributed by atoms with E-state index in [1.807, 2.05) is 62.9 Å². The van der Waals surface area contributed by atoms with Gasteiger partial charge in [0.2, 0.25) is 0 Å². The molecule has 2 aromatic rings. The van der Waals surface area contributed by atoms with Gasteiger partial charge in [-0.2, -0.15) is 0 Å². The van der Waals surface area contributed by atoms with Gasteiger partial charge < -0.3 is 14.4 Å². The topological polar surface area (TPSA) is 55.8 Å². The predicted octanol–water partition coefficient (Wildman–Crippen LogP) is 4.33. The van der Waals surface area contributed by atoms with Gasteiger partial charge in [0.1, 0.15) is 17.1 Å². The fraction of sp³-hybridized carbons (Fsp3) is 0.440. The lowest BCUT2D eigenvalue weighted by atomic mass is 9.81. The fourth-order valence-electron chi connectivity index (χ4n) is 4.57. The van der Waals surface area contributed by atoms with Crippen molar-refractivity contribution in [2.24, 2.45) is 0 Å². The summed E-state index contributed by atoms with van der Waals surface area (Å²) >= 11 is 0. The number of ether oxygens (including phenoxy) is 2. The minimum Gasteiger partial charge on any atom is -0.486 e. The number of carbonyl (C=O) groups is 2. The smallest absolute Gasteiger partial charge is 0.260 e. The summed E-state index contributed by atoms with van der Waals surface area (Å²) in [5.74, 6) is 1.56. The Hall–Kier alpha value is -2.82. The second kappa shape index (κ2) is 7.78. The van der Waals surface area contributed by atoms with Gasteiger partial charge in [0.25, 0.3) is 5.91 Å². The predicted molar refractivity (Wildman–Crippen MR) is 115 cm³/mol. The molecule has 2 aliphatic heterocycles. The van der Waals surface area contributed by atoms with Crippen LogP contribution in [-0.2, 0) is 4.79 Å². The first kappa shape index (κ1) is 20.5. The summed E-state index contributed by atoms with van der Waals surface area (Å²) < 4.78 is 12.2. The molecule has 4 rings (SSSR count). The Kier molecular flexibility index (Phi) is 5.31. The van der Waals surface area contributed by atoms with E-state index in [0.717, 1.165) is 28.0 Å². The van der Waals surface area contributed by atoms with E-state index in [4.69, 9.17) is 9.47 Å². The SMILES string of the molecule is Cc1cc(C)c2c(c1)OC1(CCN(C(=O)COc3cccc(C)c3C)CC1)CC2=O. The zero-order valence-corrected chi connectivity index (χ0v) is 18.2. The van der Waals surface area contributed by atoms with E-state index >= 15 is 0 Å². The van der Waals surface area contributed by atoms with Crippen LogP contribution >= 0.6 is 0 Å². The lowest BCUT2D eigenvalue weighted by molar-refractivity contribution is -0.136. The first-order chi connectivity index (χ1) is 14.3. The molecule has 1 spiro atoms. The largest absolute Gasteiger partial charge is 0.486 e. The molecule has 5 nitrogen and oxygen atoms in total. The van der Waals surface area contributed by atoms with Crippen LogP contribution in [0.1, 0.15) is 51.9 Å². The summed E-state index contributed by atoms with van der Waals surface area (Å²) in [4.78, 5) is 27.3. The highest BCUT2D eigenvalue weighted by Crippen LogP contribution is 2.41. The van der Waals surface area contributed by atoms with Crippen LogP contribution in [-0.4, -0.2) is 41.9 Å². The molecule has 1 amide bonds. The summed E-state index contributed by atoms with van der Waals surface area (Å²) in [6.07, 6.45) is 1.69. The lowest BCUT2D eigenvalue weighted by Crippen LogP contribution is -2.53. The third kappa shape index (κ3) is 3.81.